The molecule has 0 aromatic heterocycles. The van der Waals surface area contributed by atoms with E-state index in [4.69, 9.17) is 23.7 Å². The van der Waals surface area contributed by atoms with E-state index in [1.54, 1.807) is 60.7 Å². The first-order valence-electron chi connectivity index (χ1n) is 21.3. The maximum absolute atomic E-state index is 13.4. The average Bonchev–Trinajstić information content (AvgIpc) is 3.31. The predicted octanol–water partition coefficient (Wildman–Crippen LogP) is 12.1. The first-order chi connectivity index (χ1) is 30.8. The van der Waals surface area contributed by atoms with Crippen molar-refractivity contribution in [3.63, 3.8) is 0 Å². The summed E-state index contributed by atoms with van der Waals surface area (Å²) >= 11 is 0. The van der Waals surface area contributed by atoms with Crippen molar-refractivity contribution in [1.82, 2.24) is 0 Å². The highest BCUT2D eigenvalue weighted by atomic mass is 16.5. The smallest absolute Gasteiger partial charge is 0.343 e. The van der Waals surface area contributed by atoms with Crippen molar-refractivity contribution in [2.24, 2.45) is 0 Å². The van der Waals surface area contributed by atoms with E-state index in [1.165, 1.54) is 16.8 Å². The largest absolute Gasteiger partial charge is 0.494 e. The third-order valence-corrected chi connectivity index (χ3v) is 9.87. The molecular formula is C54H54O9. The van der Waals surface area contributed by atoms with Crippen LogP contribution in [0.2, 0.25) is 0 Å². The van der Waals surface area contributed by atoms with Crippen LogP contribution in [0.15, 0.2) is 159 Å². The second-order valence-corrected chi connectivity index (χ2v) is 14.5. The number of benzene rings is 5. The molecular weight excluding hydrogens is 793 g/mol. The van der Waals surface area contributed by atoms with Gasteiger partial charge in [-0.1, -0.05) is 117 Å². The van der Waals surface area contributed by atoms with E-state index in [2.05, 4.69) is 37.4 Å². The summed E-state index contributed by atoms with van der Waals surface area (Å²) in [5.41, 5.74) is 3.50. The van der Waals surface area contributed by atoms with Gasteiger partial charge in [-0.25, -0.2) is 19.2 Å². The Bertz CT molecular complexity index is 2380. The van der Waals surface area contributed by atoms with Gasteiger partial charge in [0.15, 0.2) is 0 Å². The van der Waals surface area contributed by atoms with Gasteiger partial charge in [-0.3, -0.25) is 0 Å². The van der Waals surface area contributed by atoms with E-state index in [1.807, 2.05) is 60.7 Å². The van der Waals surface area contributed by atoms with E-state index in [0.717, 1.165) is 75.0 Å². The lowest BCUT2D eigenvalue weighted by atomic mass is 10.0. The molecule has 0 atom stereocenters. The van der Waals surface area contributed by atoms with Crippen LogP contribution in [-0.4, -0.2) is 43.7 Å². The highest BCUT2D eigenvalue weighted by Crippen LogP contribution is 2.28. The minimum Gasteiger partial charge on any atom is -0.494 e. The van der Waals surface area contributed by atoms with E-state index in [0.29, 0.717) is 48.0 Å². The molecule has 0 aliphatic carbocycles. The van der Waals surface area contributed by atoms with Crippen molar-refractivity contribution in [2.45, 2.75) is 57.8 Å². The van der Waals surface area contributed by atoms with Crippen molar-refractivity contribution in [2.75, 3.05) is 19.8 Å². The maximum Gasteiger partial charge on any atom is 0.343 e. The lowest BCUT2D eigenvalue weighted by Crippen LogP contribution is -2.11. The Morgan fingerprint density at radius 2 is 1.05 bits per heavy atom. The monoisotopic (exact) mass is 846 g/mol. The van der Waals surface area contributed by atoms with Gasteiger partial charge in [0.05, 0.1) is 30.9 Å². The third-order valence-electron chi connectivity index (χ3n) is 9.87. The predicted molar refractivity (Wildman–Crippen MR) is 249 cm³/mol. The number of ether oxygens (including phenoxy) is 5. The molecule has 9 nitrogen and oxygen atoms in total. The highest BCUT2D eigenvalue weighted by molar-refractivity contribution is 5.93. The number of hydrogen-bond acceptors (Lipinski definition) is 9. The van der Waals surface area contributed by atoms with Crippen molar-refractivity contribution in [3.05, 3.63) is 187 Å². The SMILES string of the molecule is C=CC(=O)OCCCCCCOc1ccc(C(=O)Oc2ccc(OC(=O)c3ccc(CCCCCCOC(=O)C=C)cc3)c(\C=C/C=C/C=C\c3cccc4ccccc34)c2)cc1. The summed E-state index contributed by atoms with van der Waals surface area (Å²) < 4.78 is 27.5. The molecule has 0 unspecified atom stereocenters. The summed E-state index contributed by atoms with van der Waals surface area (Å²) in [6.07, 6.45) is 21.8. The van der Waals surface area contributed by atoms with Crippen molar-refractivity contribution >= 4 is 46.8 Å². The number of hydrogen-bond donors (Lipinski definition) is 0. The summed E-state index contributed by atoms with van der Waals surface area (Å²) in [5.74, 6) is -0.660. The molecule has 0 aliphatic heterocycles. The second-order valence-electron chi connectivity index (χ2n) is 14.5. The van der Waals surface area contributed by atoms with Crippen molar-refractivity contribution < 1.29 is 42.9 Å². The zero-order valence-electron chi connectivity index (χ0n) is 35.6. The summed E-state index contributed by atoms with van der Waals surface area (Å²) in [4.78, 5) is 48.9. The quantitative estimate of drug-likeness (QED) is 0.0186. The molecule has 0 saturated carbocycles. The van der Waals surface area contributed by atoms with Crippen LogP contribution in [0.25, 0.3) is 22.9 Å². The summed E-state index contributed by atoms with van der Waals surface area (Å²) in [7, 11) is 0. The molecule has 63 heavy (non-hydrogen) atoms. The number of rotatable bonds is 25. The average molecular weight is 847 g/mol. The number of esters is 4. The molecule has 0 bridgehead atoms. The second kappa shape index (κ2) is 26.2. The fraction of sp³-hybridized carbons (Fsp3) is 0.222. The van der Waals surface area contributed by atoms with Gasteiger partial charge in [0, 0.05) is 17.7 Å². The molecule has 0 aliphatic rings. The highest BCUT2D eigenvalue weighted by Gasteiger charge is 2.15. The summed E-state index contributed by atoms with van der Waals surface area (Å²) in [5, 5.41) is 2.34. The molecule has 5 aromatic rings. The zero-order chi connectivity index (χ0) is 44.5. The number of allylic oxidation sites excluding steroid dienone is 4. The normalized spacial score (nSPS) is 11.2. The van der Waals surface area contributed by atoms with Crippen LogP contribution in [0.1, 0.15) is 88.8 Å². The minimum atomic E-state index is -0.550. The van der Waals surface area contributed by atoms with Crippen molar-refractivity contribution in [3.8, 4) is 17.2 Å². The number of aryl methyl sites for hydroxylation is 1. The molecule has 0 N–H and O–H groups in total. The molecule has 5 aromatic carbocycles. The lowest BCUT2D eigenvalue weighted by molar-refractivity contribution is -0.138. The molecule has 0 fully saturated rings. The molecule has 9 heteroatoms. The van der Waals surface area contributed by atoms with Crippen LogP contribution in [0.5, 0.6) is 17.2 Å². The van der Waals surface area contributed by atoms with E-state index in [9.17, 15) is 19.2 Å². The summed E-state index contributed by atoms with van der Waals surface area (Å²) in [6.45, 7) is 8.07. The lowest BCUT2D eigenvalue weighted by Gasteiger charge is -2.11. The van der Waals surface area contributed by atoms with Gasteiger partial charge in [0.1, 0.15) is 17.2 Å². The number of fused-ring (bicyclic) bond motifs is 1. The van der Waals surface area contributed by atoms with Crippen LogP contribution in [-0.2, 0) is 25.5 Å². The van der Waals surface area contributed by atoms with E-state index >= 15 is 0 Å². The topological polar surface area (TPSA) is 114 Å². The molecule has 0 radical (unpaired) electrons. The molecule has 0 heterocycles. The first kappa shape index (κ1) is 46.8. The summed E-state index contributed by atoms with van der Waals surface area (Å²) in [6, 6.07) is 33.4. The van der Waals surface area contributed by atoms with Crippen molar-refractivity contribution in [1.29, 1.82) is 0 Å². The van der Waals surface area contributed by atoms with Gasteiger partial charge in [-0.2, -0.15) is 0 Å². The molecule has 0 saturated heterocycles. The zero-order valence-corrected chi connectivity index (χ0v) is 35.6. The van der Waals surface area contributed by atoms with Gasteiger partial charge < -0.3 is 23.7 Å². The van der Waals surface area contributed by atoms with Crippen LogP contribution < -0.4 is 14.2 Å². The fourth-order valence-corrected chi connectivity index (χ4v) is 6.47. The fourth-order valence-electron chi connectivity index (χ4n) is 6.47. The Morgan fingerprint density at radius 3 is 1.71 bits per heavy atom. The van der Waals surface area contributed by atoms with E-state index in [-0.39, 0.29) is 5.75 Å². The van der Waals surface area contributed by atoms with Gasteiger partial charge >= 0.3 is 23.9 Å². The minimum absolute atomic E-state index is 0.279. The van der Waals surface area contributed by atoms with Crippen LogP contribution in [0.3, 0.4) is 0 Å². The molecule has 5 rings (SSSR count). The van der Waals surface area contributed by atoms with Gasteiger partial charge in [-0.15, -0.1) is 0 Å². The van der Waals surface area contributed by atoms with Gasteiger partial charge in [0.2, 0.25) is 0 Å². The molecule has 0 spiro atoms. The molecule has 0 amide bonds. The Hall–Kier alpha value is -7.26. The number of unbranched alkanes of at least 4 members (excludes halogenated alkanes) is 6. The Kier molecular flexibility index (Phi) is 19.4. The van der Waals surface area contributed by atoms with E-state index < -0.39 is 23.9 Å². The van der Waals surface area contributed by atoms with Gasteiger partial charge in [-0.05, 0) is 121 Å². The number of carbonyl (C=O) groups is 4. The van der Waals surface area contributed by atoms with Crippen LogP contribution >= 0.6 is 0 Å². The van der Waals surface area contributed by atoms with Crippen LogP contribution in [0, 0.1) is 0 Å². The Labute approximate surface area is 370 Å². The maximum atomic E-state index is 13.4. The Balaban J connectivity index is 1.19. The standard InChI is InChI=1S/C54H54O9/c1-3-51(55)60-38-17-8-7-11-20-41-27-29-44(30-28-41)54(58)63-50-36-35-48(40-46(50)23-13-6-5-12-21-42-24-19-25-43-22-14-15-26-49(42)43)62-53(57)45-31-33-47(34-32-45)59-37-16-9-10-18-39-61-52(56)4-2/h3-6,12-15,19,21-36,40H,1-2,7-11,16-18,20,37-39H2/b6-5+,21-12-,23-13-. The molecule has 324 valence electrons. The first-order valence-corrected chi connectivity index (χ1v) is 21.3. The van der Waals surface area contributed by atoms with Gasteiger partial charge in [0.25, 0.3) is 0 Å². The third kappa shape index (κ3) is 16.3. The number of carbonyl (C=O) groups excluding carboxylic acids is 4. The Morgan fingerprint density at radius 1 is 0.492 bits per heavy atom. The van der Waals surface area contributed by atoms with Crippen LogP contribution in [0.4, 0.5) is 0 Å².